The molecule has 2 aliphatic rings. The highest BCUT2D eigenvalue weighted by atomic mass is 35.5. The number of Topliss-reactive ketones (excluding diaryl/α,β-unsaturated/α-hetero) is 1. The number of anilines is 1. The van der Waals surface area contributed by atoms with Gasteiger partial charge in [-0.3, -0.25) is 9.69 Å². The summed E-state index contributed by atoms with van der Waals surface area (Å²) in [6, 6.07) is 12.8. The van der Waals surface area contributed by atoms with Crippen LogP contribution in [0.3, 0.4) is 0 Å². The lowest BCUT2D eigenvalue weighted by Gasteiger charge is -2.40. The van der Waals surface area contributed by atoms with E-state index in [0.717, 1.165) is 5.70 Å². The number of carbonyl (C=O) groups is 1. The van der Waals surface area contributed by atoms with Crippen LogP contribution in [0.5, 0.6) is 11.5 Å². The van der Waals surface area contributed by atoms with Crippen molar-refractivity contribution in [2.75, 3.05) is 18.1 Å². The summed E-state index contributed by atoms with van der Waals surface area (Å²) in [4.78, 5) is 15.1. The van der Waals surface area contributed by atoms with Gasteiger partial charge in [0, 0.05) is 33.3 Å². The molecule has 1 atom stereocenters. The van der Waals surface area contributed by atoms with Crippen LogP contribution in [0.15, 0.2) is 59.1 Å². The van der Waals surface area contributed by atoms with Crippen LogP contribution in [-0.4, -0.2) is 19.0 Å². The number of ketones is 1. The van der Waals surface area contributed by atoms with E-state index < -0.39 is 5.92 Å². The lowest BCUT2D eigenvalue weighted by Crippen LogP contribution is -2.38. The Hall–Kier alpha value is -3.14. The minimum absolute atomic E-state index is 0.0195. The predicted octanol–water partition coefficient (Wildman–Crippen LogP) is 6.10. The number of allylic oxidation sites excluding steroid dienone is 3. The first kappa shape index (κ1) is 24.0. The fraction of sp³-hybridized carbons (Fsp3) is 0.308. The normalized spacial score (nSPS) is 18.0. The summed E-state index contributed by atoms with van der Waals surface area (Å²) in [5.41, 5.74) is 9.49. The van der Waals surface area contributed by atoms with Crippen molar-refractivity contribution in [1.29, 1.82) is 5.26 Å². The van der Waals surface area contributed by atoms with Crippen LogP contribution in [0.2, 0.25) is 10.0 Å². The zero-order valence-electron chi connectivity index (χ0n) is 19.0. The second-order valence-electron chi connectivity index (χ2n) is 8.01. The molecule has 0 fully saturated rings. The second kappa shape index (κ2) is 10.0. The quantitative estimate of drug-likeness (QED) is 0.518. The third kappa shape index (κ3) is 4.34. The van der Waals surface area contributed by atoms with E-state index >= 15 is 0 Å². The molecule has 0 radical (unpaired) electrons. The lowest BCUT2D eigenvalue weighted by molar-refractivity contribution is -0.116. The Bertz CT molecular complexity index is 1230. The first-order valence-corrected chi connectivity index (χ1v) is 12.0. The number of ether oxygens (including phenoxy) is 2. The summed E-state index contributed by atoms with van der Waals surface area (Å²) in [5, 5.41) is 11.1. The molecule has 2 N–H and O–H groups in total. The molecule has 1 heterocycles. The first-order chi connectivity index (χ1) is 16.4. The van der Waals surface area contributed by atoms with Gasteiger partial charge in [0.1, 0.15) is 17.3 Å². The molecule has 4 rings (SSSR count). The van der Waals surface area contributed by atoms with Crippen LogP contribution in [0.25, 0.3) is 0 Å². The van der Waals surface area contributed by atoms with Crippen LogP contribution in [0, 0.1) is 11.3 Å². The Morgan fingerprint density at radius 2 is 1.79 bits per heavy atom. The molecule has 0 amide bonds. The number of benzene rings is 2. The lowest BCUT2D eigenvalue weighted by atomic mass is 9.75. The fourth-order valence-electron chi connectivity index (χ4n) is 4.66. The van der Waals surface area contributed by atoms with Crippen molar-refractivity contribution in [3.63, 3.8) is 0 Å². The maximum Gasteiger partial charge on any atom is 0.161 e. The molecule has 0 aromatic heterocycles. The van der Waals surface area contributed by atoms with E-state index in [2.05, 4.69) is 6.07 Å². The van der Waals surface area contributed by atoms with Gasteiger partial charge in [-0.25, -0.2) is 0 Å². The minimum Gasteiger partial charge on any atom is -0.494 e. The summed E-state index contributed by atoms with van der Waals surface area (Å²) < 4.78 is 11.6. The number of nitrogens with two attached hydrogens (primary N) is 1. The fourth-order valence-corrected chi connectivity index (χ4v) is 5.17. The zero-order chi connectivity index (χ0) is 24.4. The molecule has 8 heteroatoms. The number of halogens is 2. The number of nitrogens with zero attached hydrogens (tertiary/aromatic N) is 2. The van der Waals surface area contributed by atoms with E-state index in [4.69, 9.17) is 38.4 Å². The van der Waals surface area contributed by atoms with Crippen molar-refractivity contribution in [2.24, 2.45) is 5.73 Å². The molecule has 6 nitrogen and oxygen atoms in total. The van der Waals surface area contributed by atoms with Crippen LogP contribution >= 0.6 is 23.2 Å². The summed E-state index contributed by atoms with van der Waals surface area (Å²) in [7, 11) is 0. The van der Waals surface area contributed by atoms with Gasteiger partial charge in [-0.05, 0) is 63.1 Å². The van der Waals surface area contributed by atoms with Crippen LogP contribution < -0.4 is 20.1 Å². The molecule has 0 saturated carbocycles. The van der Waals surface area contributed by atoms with Gasteiger partial charge < -0.3 is 15.2 Å². The maximum atomic E-state index is 13.4. The Balaban J connectivity index is 1.99. The largest absolute Gasteiger partial charge is 0.494 e. The van der Waals surface area contributed by atoms with Crippen molar-refractivity contribution < 1.29 is 14.3 Å². The van der Waals surface area contributed by atoms with E-state index in [1.807, 2.05) is 32.0 Å². The van der Waals surface area contributed by atoms with Gasteiger partial charge in [0.05, 0.1) is 36.5 Å². The standard InChI is InChI=1S/C26H25Cl2N3O3/c1-3-33-18-8-9-23(34-4-2)19(13-18)24-20(14-29)26(30)31(17-11-15(27)10-16(28)12-17)21-6-5-7-22(32)25(21)24/h8-13,24H,3-7,30H2,1-2H3. The first-order valence-electron chi connectivity index (χ1n) is 11.2. The van der Waals surface area contributed by atoms with Gasteiger partial charge in [0.25, 0.3) is 0 Å². The van der Waals surface area contributed by atoms with E-state index in [-0.39, 0.29) is 17.2 Å². The number of hydrogen-bond acceptors (Lipinski definition) is 6. The molecule has 176 valence electrons. The highest BCUT2D eigenvalue weighted by Gasteiger charge is 2.41. The third-order valence-electron chi connectivity index (χ3n) is 5.92. The molecular weight excluding hydrogens is 473 g/mol. The third-order valence-corrected chi connectivity index (χ3v) is 6.36. The smallest absolute Gasteiger partial charge is 0.161 e. The van der Waals surface area contributed by atoms with Crippen LogP contribution in [0.1, 0.15) is 44.6 Å². The van der Waals surface area contributed by atoms with E-state index in [1.54, 1.807) is 23.1 Å². The summed E-state index contributed by atoms with van der Waals surface area (Å²) in [6.07, 6.45) is 1.70. The second-order valence-corrected chi connectivity index (χ2v) is 8.88. The number of nitriles is 1. The molecule has 1 aliphatic carbocycles. The van der Waals surface area contributed by atoms with Crippen molar-refractivity contribution in [3.8, 4) is 17.6 Å². The van der Waals surface area contributed by atoms with Crippen molar-refractivity contribution in [1.82, 2.24) is 0 Å². The molecule has 0 bridgehead atoms. The molecule has 2 aromatic carbocycles. The monoisotopic (exact) mass is 497 g/mol. The molecule has 0 saturated heterocycles. The van der Waals surface area contributed by atoms with Gasteiger partial charge in [-0.2, -0.15) is 5.26 Å². The van der Waals surface area contributed by atoms with Crippen molar-refractivity contribution in [2.45, 2.75) is 39.0 Å². The zero-order valence-corrected chi connectivity index (χ0v) is 20.5. The Morgan fingerprint density at radius 1 is 1.09 bits per heavy atom. The van der Waals surface area contributed by atoms with Gasteiger partial charge in [-0.1, -0.05) is 23.2 Å². The van der Waals surface area contributed by atoms with E-state index in [1.165, 1.54) is 0 Å². The van der Waals surface area contributed by atoms with Crippen LogP contribution in [-0.2, 0) is 4.79 Å². The molecule has 1 aliphatic heterocycles. The maximum absolute atomic E-state index is 13.4. The Morgan fingerprint density at radius 3 is 2.44 bits per heavy atom. The van der Waals surface area contributed by atoms with E-state index in [9.17, 15) is 10.1 Å². The van der Waals surface area contributed by atoms with E-state index in [0.29, 0.717) is 70.8 Å². The number of carbonyl (C=O) groups excluding carboxylic acids is 1. The Kier molecular flexibility index (Phi) is 7.06. The van der Waals surface area contributed by atoms with Crippen molar-refractivity contribution >= 4 is 34.7 Å². The molecule has 0 spiro atoms. The highest BCUT2D eigenvalue weighted by Crippen LogP contribution is 2.49. The van der Waals surface area contributed by atoms with Gasteiger partial charge in [0.2, 0.25) is 0 Å². The SMILES string of the molecule is CCOc1ccc(OCC)c(C2C(C#N)=C(N)N(c3cc(Cl)cc(Cl)c3)C3=C2C(=O)CCC3)c1. The topological polar surface area (TPSA) is 88.6 Å². The van der Waals surface area contributed by atoms with Gasteiger partial charge >= 0.3 is 0 Å². The molecular formula is C26H25Cl2N3O3. The average Bonchev–Trinajstić information content (AvgIpc) is 2.79. The highest BCUT2D eigenvalue weighted by molar-refractivity contribution is 6.35. The number of hydrogen-bond donors (Lipinski definition) is 1. The summed E-state index contributed by atoms with van der Waals surface area (Å²) in [6.45, 7) is 4.70. The molecule has 34 heavy (non-hydrogen) atoms. The van der Waals surface area contributed by atoms with Crippen molar-refractivity contribution in [3.05, 3.63) is 74.7 Å². The van der Waals surface area contributed by atoms with Crippen LogP contribution in [0.4, 0.5) is 5.69 Å². The number of rotatable bonds is 6. The molecule has 1 unspecified atom stereocenters. The minimum atomic E-state index is -0.666. The van der Waals surface area contributed by atoms with Gasteiger partial charge in [0.15, 0.2) is 5.78 Å². The Labute approximate surface area is 209 Å². The average molecular weight is 498 g/mol. The predicted molar refractivity (Wildman–Crippen MR) is 133 cm³/mol. The summed E-state index contributed by atoms with van der Waals surface area (Å²) in [5.74, 6) is 0.769. The summed E-state index contributed by atoms with van der Waals surface area (Å²) >= 11 is 12.5. The molecule has 2 aromatic rings. The van der Waals surface area contributed by atoms with Gasteiger partial charge in [-0.15, -0.1) is 0 Å².